The van der Waals surface area contributed by atoms with Gasteiger partial charge in [0.25, 0.3) is 5.69 Å². The Balaban J connectivity index is 2.08. The van der Waals surface area contributed by atoms with Crippen LogP contribution in [0, 0.1) is 10.1 Å². The van der Waals surface area contributed by atoms with Crippen LogP contribution in [-0.2, 0) is 0 Å². The fourth-order valence-corrected chi connectivity index (χ4v) is 2.14. The quantitative estimate of drug-likeness (QED) is 0.534. The summed E-state index contributed by atoms with van der Waals surface area (Å²) in [6.07, 6.45) is 6.91. The summed E-state index contributed by atoms with van der Waals surface area (Å²) in [5, 5.41) is 10.8. The van der Waals surface area contributed by atoms with Gasteiger partial charge in [0.15, 0.2) is 0 Å². The van der Waals surface area contributed by atoms with E-state index in [9.17, 15) is 10.1 Å². The molecule has 1 aromatic carbocycles. The molecule has 3 aromatic rings. The van der Waals surface area contributed by atoms with Gasteiger partial charge in [-0.15, -0.1) is 0 Å². The van der Waals surface area contributed by atoms with Crippen LogP contribution in [0.3, 0.4) is 0 Å². The zero-order valence-corrected chi connectivity index (χ0v) is 11.5. The number of hydrogen-bond acceptors (Lipinski definition) is 4. The van der Waals surface area contributed by atoms with Gasteiger partial charge in [0, 0.05) is 24.5 Å². The second kappa shape index (κ2) is 6.05. The third kappa shape index (κ3) is 2.93. The average molecular weight is 292 g/mol. The fourth-order valence-electron chi connectivity index (χ4n) is 2.14. The van der Waals surface area contributed by atoms with Gasteiger partial charge in [-0.1, -0.05) is 0 Å². The predicted molar refractivity (Wildman–Crippen MR) is 83.0 cm³/mol. The van der Waals surface area contributed by atoms with E-state index in [1.165, 1.54) is 12.1 Å². The molecule has 0 fully saturated rings. The van der Waals surface area contributed by atoms with Crippen molar-refractivity contribution in [2.45, 2.75) is 0 Å². The van der Waals surface area contributed by atoms with E-state index in [0.717, 1.165) is 16.7 Å². The van der Waals surface area contributed by atoms with Crippen molar-refractivity contribution < 1.29 is 9.34 Å². The zero-order chi connectivity index (χ0) is 15.4. The summed E-state index contributed by atoms with van der Waals surface area (Å²) >= 11 is 0. The first-order valence-electron chi connectivity index (χ1n) is 6.64. The van der Waals surface area contributed by atoms with Crippen LogP contribution in [-0.4, -0.2) is 9.91 Å². The van der Waals surface area contributed by atoms with Gasteiger partial charge in [0.2, 0.25) is 0 Å². The van der Waals surface area contributed by atoms with Crippen LogP contribution in [0.25, 0.3) is 11.6 Å². The van der Waals surface area contributed by atoms with Gasteiger partial charge in [-0.05, 0) is 59.2 Å². The van der Waals surface area contributed by atoms with Crippen LogP contribution < -0.4 is 0 Å². The average Bonchev–Trinajstić information content (AvgIpc) is 3.07. The Bertz CT molecular complexity index is 792. The standard InChI is InChI=1S/C17H12N2O3/c20-19(21)15-5-3-13(4-6-15)17(12-16-2-1-11-22-16)14-7-9-18-10-8-14/h1-12H. The molecule has 2 heterocycles. The van der Waals surface area contributed by atoms with Crippen LogP contribution in [0.1, 0.15) is 16.9 Å². The minimum Gasteiger partial charge on any atom is -0.465 e. The van der Waals surface area contributed by atoms with Gasteiger partial charge in [-0.25, -0.2) is 0 Å². The molecule has 0 saturated carbocycles. The van der Waals surface area contributed by atoms with Crippen molar-refractivity contribution in [1.29, 1.82) is 0 Å². The van der Waals surface area contributed by atoms with E-state index in [-0.39, 0.29) is 5.69 Å². The number of hydrogen-bond donors (Lipinski definition) is 0. The number of rotatable bonds is 4. The van der Waals surface area contributed by atoms with E-state index >= 15 is 0 Å². The molecule has 22 heavy (non-hydrogen) atoms. The molecule has 0 aliphatic carbocycles. The first-order valence-corrected chi connectivity index (χ1v) is 6.64. The van der Waals surface area contributed by atoms with Gasteiger partial charge in [0.05, 0.1) is 11.2 Å². The largest absolute Gasteiger partial charge is 0.465 e. The SMILES string of the molecule is O=[N+]([O-])c1ccc(C(=Cc2ccco2)c2ccncc2)cc1. The molecule has 108 valence electrons. The summed E-state index contributed by atoms with van der Waals surface area (Å²) in [5.74, 6) is 0.713. The van der Waals surface area contributed by atoms with E-state index in [4.69, 9.17) is 4.42 Å². The topological polar surface area (TPSA) is 69.2 Å². The van der Waals surface area contributed by atoms with E-state index in [2.05, 4.69) is 4.98 Å². The molecular formula is C17H12N2O3. The van der Waals surface area contributed by atoms with Crippen molar-refractivity contribution >= 4 is 17.3 Å². The Morgan fingerprint density at radius 2 is 1.73 bits per heavy atom. The summed E-state index contributed by atoms with van der Waals surface area (Å²) in [4.78, 5) is 14.4. The van der Waals surface area contributed by atoms with E-state index in [0.29, 0.717) is 5.76 Å². The normalized spacial score (nSPS) is 11.4. The fraction of sp³-hybridized carbons (Fsp3) is 0. The lowest BCUT2D eigenvalue weighted by Gasteiger charge is -2.07. The predicted octanol–water partition coefficient (Wildman–Crippen LogP) is 4.17. The Morgan fingerprint density at radius 1 is 1.05 bits per heavy atom. The highest BCUT2D eigenvalue weighted by atomic mass is 16.6. The molecule has 0 aliphatic rings. The number of aromatic nitrogens is 1. The molecule has 0 spiro atoms. The Kier molecular flexibility index (Phi) is 3.78. The molecule has 0 unspecified atom stereocenters. The van der Waals surface area contributed by atoms with Gasteiger partial charge in [0.1, 0.15) is 5.76 Å². The Labute approximate surface area is 126 Å². The van der Waals surface area contributed by atoms with Crippen molar-refractivity contribution in [2.75, 3.05) is 0 Å². The van der Waals surface area contributed by atoms with Crippen LogP contribution in [0.5, 0.6) is 0 Å². The molecule has 0 atom stereocenters. The van der Waals surface area contributed by atoms with Crippen molar-refractivity contribution in [3.05, 3.63) is 94.2 Å². The summed E-state index contributed by atoms with van der Waals surface area (Å²) in [7, 11) is 0. The summed E-state index contributed by atoms with van der Waals surface area (Å²) in [6.45, 7) is 0. The number of nitrogens with zero attached hydrogens (tertiary/aromatic N) is 2. The lowest BCUT2D eigenvalue weighted by atomic mass is 9.97. The summed E-state index contributed by atoms with van der Waals surface area (Å²) in [6, 6.07) is 13.9. The first kappa shape index (κ1) is 13.8. The summed E-state index contributed by atoms with van der Waals surface area (Å²) in [5.41, 5.74) is 2.80. The van der Waals surface area contributed by atoms with Crippen LogP contribution in [0.15, 0.2) is 71.6 Å². The van der Waals surface area contributed by atoms with Crippen molar-refractivity contribution in [3.8, 4) is 0 Å². The third-order valence-corrected chi connectivity index (χ3v) is 3.21. The van der Waals surface area contributed by atoms with Crippen molar-refractivity contribution in [1.82, 2.24) is 4.98 Å². The van der Waals surface area contributed by atoms with Gasteiger partial charge in [-0.3, -0.25) is 15.1 Å². The molecule has 0 aliphatic heterocycles. The minimum atomic E-state index is -0.411. The van der Waals surface area contributed by atoms with E-state index < -0.39 is 4.92 Å². The molecule has 0 bridgehead atoms. The number of benzene rings is 1. The minimum absolute atomic E-state index is 0.0656. The molecule has 0 amide bonds. The van der Waals surface area contributed by atoms with Crippen LogP contribution >= 0.6 is 0 Å². The summed E-state index contributed by atoms with van der Waals surface area (Å²) < 4.78 is 5.37. The second-order valence-corrected chi connectivity index (χ2v) is 4.61. The van der Waals surface area contributed by atoms with E-state index in [1.807, 2.05) is 30.3 Å². The zero-order valence-electron chi connectivity index (χ0n) is 11.5. The molecular weight excluding hydrogens is 280 g/mol. The van der Waals surface area contributed by atoms with Gasteiger partial charge < -0.3 is 4.42 Å². The number of furan rings is 1. The van der Waals surface area contributed by atoms with Crippen LogP contribution in [0.4, 0.5) is 5.69 Å². The first-order chi connectivity index (χ1) is 10.7. The molecule has 0 saturated heterocycles. The second-order valence-electron chi connectivity index (χ2n) is 4.61. The maximum atomic E-state index is 10.8. The Morgan fingerprint density at radius 3 is 2.32 bits per heavy atom. The third-order valence-electron chi connectivity index (χ3n) is 3.21. The number of nitro groups is 1. The highest BCUT2D eigenvalue weighted by Crippen LogP contribution is 2.27. The maximum Gasteiger partial charge on any atom is 0.269 e. The van der Waals surface area contributed by atoms with Crippen molar-refractivity contribution in [3.63, 3.8) is 0 Å². The lowest BCUT2D eigenvalue weighted by molar-refractivity contribution is -0.384. The van der Waals surface area contributed by atoms with Crippen molar-refractivity contribution in [2.24, 2.45) is 0 Å². The number of pyridine rings is 1. The smallest absolute Gasteiger partial charge is 0.269 e. The molecule has 0 N–H and O–H groups in total. The number of nitro benzene ring substituents is 1. The maximum absolute atomic E-state index is 10.8. The molecule has 5 heteroatoms. The monoisotopic (exact) mass is 292 g/mol. The highest BCUT2D eigenvalue weighted by molar-refractivity contribution is 5.90. The highest BCUT2D eigenvalue weighted by Gasteiger charge is 2.09. The van der Waals surface area contributed by atoms with E-state index in [1.54, 1.807) is 30.8 Å². The Hall–Kier alpha value is -3.21. The van der Waals surface area contributed by atoms with Gasteiger partial charge in [-0.2, -0.15) is 0 Å². The van der Waals surface area contributed by atoms with Gasteiger partial charge >= 0.3 is 0 Å². The lowest BCUT2D eigenvalue weighted by Crippen LogP contribution is -1.91. The molecule has 2 aromatic heterocycles. The van der Waals surface area contributed by atoms with Crippen LogP contribution in [0.2, 0.25) is 0 Å². The number of non-ortho nitro benzene ring substituents is 1. The molecule has 0 radical (unpaired) electrons. The molecule has 3 rings (SSSR count). The molecule has 5 nitrogen and oxygen atoms in total.